The number of ether oxygens (including phenoxy) is 1. The molecule has 1 N–H and O–H groups in total. The zero-order valence-corrected chi connectivity index (χ0v) is 18.5. The van der Waals surface area contributed by atoms with Gasteiger partial charge in [-0.25, -0.2) is 4.79 Å². The minimum atomic E-state index is -1.48. The van der Waals surface area contributed by atoms with Crippen molar-refractivity contribution in [2.24, 2.45) is 0 Å². The van der Waals surface area contributed by atoms with Crippen LogP contribution in [-0.2, 0) is 11.3 Å². The Morgan fingerprint density at radius 1 is 1.43 bits per heavy atom. The van der Waals surface area contributed by atoms with Crippen molar-refractivity contribution in [3.05, 3.63) is 62.0 Å². The number of nitrogens with zero attached hydrogens (tertiary/aromatic N) is 4. The molecule has 1 aromatic heterocycles. The molecule has 0 radical (unpaired) electrons. The molecule has 1 aliphatic rings. The fraction of sp³-hybridized carbons (Fsp3) is 0.368. The molecule has 1 amide bonds. The van der Waals surface area contributed by atoms with E-state index in [9.17, 15) is 20.0 Å². The largest absolute Gasteiger partial charge is 0.446 e. The third kappa shape index (κ3) is 5.59. The second-order valence-electron chi connectivity index (χ2n) is 7.24. The first kappa shape index (κ1) is 22.3. The van der Waals surface area contributed by atoms with Crippen molar-refractivity contribution in [3.63, 3.8) is 0 Å². The van der Waals surface area contributed by atoms with Gasteiger partial charge in [0.15, 0.2) is 0 Å². The highest BCUT2D eigenvalue weighted by molar-refractivity contribution is 9.10. The lowest BCUT2D eigenvalue weighted by Gasteiger charge is -2.28. The molecule has 0 saturated heterocycles. The van der Waals surface area contributed by atoms with Crippen molar-refractivity contribution in [1.29, 1.82) is 0 Å². The first-order chi connectivity index (χ1) is 14.1. The maximum Gasteiger partial charge on any atom is 0.410 e. The van der Waals surface area contributed by atoms with Gasteiger partial charge in [0.05, 0.1) is 6.54 Å². The molecule has 9 nitrogen and oxygen atoms in total. The van der Waals surface area contributed by atoms with Gasteiger partial charge in [0.2, 0.25) is 0 Å². The molecule has 3 rings (SSSR count). The van der Waals surface area contributed by atoms with E-state index in [4.69, 9.17) is 16.3 Å². The summed E-state index contributed by atoms with van der Waals surface area (Å²) in [5, 5.41) is 21.2. The molecule has 11 heteroatoms. The molecule has 0 saturated carbocycles. The second-order valence-corrected chi connectivity index (χ2v) is 8.49. The van der Waals surface area contributed by atoms with E-state index in [-0.39, 0.29) is 18.4 Å². The molecule has 2 heterocycles. The van der Waals surface area contributed by atoms with E-state index in [0.717, 1.165) is 21.8 Å². The maximum atomic E-state index is 12.4. The van der Waals surface area contributed by atoms with Gasteiger partial charge in [-0.15, -0.1) is 0 Å². The molecule has 2 aromatic rings. The van der Waals surface area contributed by atoms with Crippen LogP contribution in [-0.4, -0.2) is 55.9 Å². The summed E-state index contributed by atoms with van der Waals surface area (Å²) in [5.74, 6) is -0.422. The number of aromatic nitrogens is 2. The number of amides is 1. The average molecular weight is 500 g/mol. The second kappa shape index (κ2) is 9.15. The topological polar surface area (TPSA) is 111 Å². The summed E-state index contributed by atoms with van der Waals surface area (Å²) in [6, 6.07) is 7.99. The normalized spacial score (nSPS) is 16.0. The van der Waals surface area contributed by atoms with Gasteiger partial charge < -0.3 is 24.9 Å². The van der Waals surface area contributed by atoms with Crippen LogP contribution in [0.2, 0.25) is 5.28 Å². The van der Waals surface area contributed by atoms with Gasteiger partial charge in [0, 0.05) is 17.6 Å². The molecule has 1 aliphatic heterocycles. The number of aliphatic hydroxyl groups is 1. The highest BCUT2D eigenvalue weighted by atomic mass is 79.9. The lowest BCUT2D eigenvalue weighted by molar-refractivity contribution is -0.389. The lowest BCUT2D eigenvalue weighted by Crippen LogP contribution is -2.41. The first-order valence-electron chi connectivity index (χ1n) is 9.11. The highest BCUT2D eigenvalue weighted by Gasteiger charge is 2.29. The minimum absolute atomic E-state index is 0.117. The predicted octanol–water partition coefficient (Wildman–Crippen LogP) is 3.88. The van der Waals surface area contributed by atoms with Gasteiger partial charge in [-0.05, 0) is 58.1 Å². The Labute approximate surface area is 186 Å². The summed E-state index contributed by atoms with van der Waals surface area (Å²) in [6.07, 6.45) is 3.26. The van der Waals surface area contributed by atoms with Crippen LogP contribution in [0, 0.1) is 10.1 Å². The van der Waals surface area contributed by atoms with Crippen LogP contribution < -0.4 is 0 Å². The summed E-state index contributed by atoms with van der Waals surface area (Å²) in [5.41, 5.74) is 0.789. The van der Waals surface area contributed by atoms with E-state index in [2.05, 4.69) is 20.9 Å². The molecule has 0 spiro atoms. The number of benzene rings is 1. The first-order valence-corrected chi connectivity index (χ1v) is 10.3. The summed E-state index contributed by atoms with van der Waals surface area (Å²) < 4.78 is 7.50. The Hall–Kier alpha value is -2.43. The number of halogens is 2. The van der Waals surface area contributed by atoms with Crippen molar-refractivity contribution in [2.75, 3.05) is 19.7 Å². The molecule has 30 heavy (non-hydrogen) atoms. The molecule has 1 aromatic carbocycles. The molecule has 0 fully saturated rings. The van der Waals surface area contributed by atoms with Crippen LogP contribution in [0.15, 0.2) is 41.0 Å². The van der Waals surface area contributed by atoms with Crippen LogP contribution >= 0.6 is 27.5 Å². The molecule has 0 unspecified atom stereocenters. The smallest absolute Gasteiger partial charge is 0.410 e. The third-order valence-corrected chi connectivity index (χ3v) is 5.43. The van der Waals surface area contributed by atoms with Crippen molar-refractivity contribution >= 4 is 45.0 Å². The predicted molar refractivity (Wildman–Crippen MR) is 114 cm³/mol. The Balaban J connectivity index is 1.53. The summed E-state index contributed by atoms with van der Waals surface area (Å²) in [6.45, 7) is 1.94. The Morgan fingerprint density at radius 3 is 2.70 bits per heavy atom. The minimum Gasteiger partial charge on any atom is -0.446 e. The van der Waals surface area contributed by atoms with Gasteiger partial charge in [-0.1, -0.05) is 34.1 Å². The third-order valence-electron chi connectivity index (χ3n) is 4.60. The lowest BCUT2D eigenvalue weighted by atomic mass is 10.00. The number of rotatable bonds is 6. The van der Waals surface area contributed by atoms with Crippen molar-refractivity contribution in [2.45, 2.75) is 25.5 Å². The molecule has 160 valence electrons. The van der Waals surface area contributed by atoms with Crippen LogP contribution in [0.25, 0.3) is 5.57 Å². The number of carbonyl (C=O) groups is 1. The Bertz CT molecular complexity index is 974. The number of imidazole rings is 1. The SMILES string of the molecule is C[C@](O)(COC(=O)N1CC=C(c2ccc(Br)cc2)CC1)Cn1cc([N+](=O)[O-])nc1Cl. The van der Waals surface area contributed by atoms with Crippen molar-refractivity contribution in [1.82, 2.24) is 14.5 Å². The maximum absolute atomic E-state index is 12.4. The zero-order valence-electron chi connectivity index (χ0n) is 16.1. The van der Waals surface area contributed by atoms with Gasteiger partial charge in [0.1, 0.15) is 18.4 Å². The fourth-order valence-corrected chi connectivity index (χ4v) is 3.52. The van der Waals surface area contributed by atoms with Gasteiger partial charge in [0.25, 0.3) is 0 Å². The van der Waals surface area contributed by atoms with Crippen LogP contribution in [0.5, 0.6) is 0 Å². The van der Waals surface area contributed by atoms with Crippen molar-refractivity contribution < 1.29 is 19.6 Å². The van der Waals surface area contributed by atoms with Crippen LogP contribution in [0.4, 0.5) is 10.6 Å². The number of hydrogen-bond acceptors (Lipinski definition) is 6. The number of carbonyl (C=O) groups excluding carboxylic acids is 1. The highest BCUT2D eigenvalue weighted by Crippen LogP contribution is 2.24. The van der Waals surface area contributed by atoms with Crippen LogP contribution in [0.3, 0.4) is 0 Å². The van der Waals surface area contributed by atoms with Gasteiger partial charge in [-0.2, -0.15) is 0 Å². The van der Waals surface area contributed by atoms with E-state index in [1.54, 1.807) is 4.90 Å². The quantitative estimate of drug-likeness (QED) is 0.477. The number of hydrogen-bond donors (Lipinski definition) is 1. The molecular formula is C19H20BrClN4O5. The van der Waals surface area contributed by atoms with Crippen LogP contribution in [0.1, 0.15) is 18.9 Å². The average Bonchev–Trinajstić information content (AvgIpc) is 3.07. The van der Waals surface area contributed by atoms with E-state index in [1.165, 1.54) is 11.5 Å². The zero-order chi connectivity index (χ0) is 21.9. The van der Waals surface area contributed by atoms with Gasteiger partial charge >= 0.3 is 17.2 Å². The summed E-state index contributed by atoms with van der Waals surface area (Å²) in [7, 11) is 0. The molecule has 1 atom stereocenters. The van der Waals surface area contributed by atoms with E-state index in [1.807, 2.05) is 30.3 Å². The van der Waals surface area contributed by atoms with Crippen molar-refractivity contribution in [3.8, 4) is 0 Å². The monoisotopic (exact) mass is 498 g/mol. The fourth-order valence-electron chi connectivity index (χ4n) is 3.06. The summed E-state index contributed by atoms with van der Waals surface area (Å²) >= 11 is 9.28. The van der Waals surface area contributed by atoms with E-state index < -0.39 is 22.4 Å². The Kier molecular flexibility index (Phi) is 6.79. The Morgan fingerprint density at radius 2 is 2.13 bits per heavy atom. The van der Waals surface area contributed by atoms with Gasteiger partial charge in [-0.3, -0.25) is 4.57 Å². The summed E-state index contributed by atoms with van der Waals surface area (Å²) in [4.78, 5) is 27.6. The number of nitro groups is 1. The van der Waals surface area contributed by atoms with E-state index in [0.29, 0.717) is 19.5 Å². The molecular weight excluding hydrogens is 480 g/mol. The standard InChI is InChI=1S/C19H20BrClN4O5/c1-19(27,11-24-10-16(25(28)29)22-17(24)21)12-30-18(26)23-8-6-14(7-9-23)13-2-4-15(20)5-3-13/h2-6,10,27H,7-9,11-12H2,1H3/t19-/m1/s1. The molecule has 0 aliphatic carbocycles. The molecule has 0 bridgehead atoms. The van der Waals surface area contributed by atoms with E-state index >= 15 is 0 Å².